The number of allylic oxidation sites excluding steroid dienone is 2. The van der Waals surface area contributed by atoms with Gasteiger partial charge in [0.1, 0.15) is 0 Å². The summed E-state index contributed by atoms with van der Waals surface area (Å²) in [6.07, 6.45) is 5.29. The van der Waals surface area contributed by atoms with E-state index in [2.05, 4.69) is 6.92 Å². The summed E-state index contributed by atoms with van der Waals surface area (Å²) < 4.78 is 0. The zero-order valence-corrected chi connectivity index (χ0v) is 9.80. The zero-order chi connectivity index (χ0) is 12.5. The molecular formula is C14H17NO2. The van der Waals surface area contributed by atoms with Gasteiger partial charge in [-0.05, 0) is 29.3 Å². The molecule has 0 spiro atoms. The molecule has 0 fully saturated rings. The lowest BCUT2D eigenvalue weighted by molar-refractivity contribution is -0.115. The Morgan fingerprint density at radius 2 is 1.88 bits per heavy atom. The van der Waals surface area contributed by atoms with E-state index < -0.39 is 5.79 Å². The molecule has 1 aliphatic carbocycles. The first kappa shape index (κ1) is 11.9. The highest BCUT2D eigenvalue weighted by molar-refractivity contribution is 5.43. The summed E-state index contributed by atoms with van der Waals surface area (Å²) in [6.45, 7) is 2.09. The van der Waals surface area contributed by atoms with E-state index in [0.29, 0.717) is 0 Å². The smallest absolute Gasteiger partial charge is 0.186 e. The Bertz CT molecular complexity index is 458. The Labute approximate surface area is 101 Å². The molecule has 1 aromatic rings. The molecular weight excluding hydrogens is 214 g/mol. The van der Waals surface area contributed by atoms with Gasteiger partial charge in [-0.25, -0.2) is 0 Å². The topological polar surface area (TPSA) is 66.5 Å². The molecule has 1 aliphatic rings. The summed E-state index contributed by atoms with van der Waals surface area (Å²) in [5.41, 5.74) is 8.65. The van der Waals surface area contributed by atoms with Crippen LogP contribution < -0.4 is 5.73 Å². The van der Waals surface area contributed by atoms with Crippen LogP contribution in [-0.2, 0) is 0 Å². The summed E-state index contributed by atoms with van der Waals surface area (Å²) in [7, 11) is 0. The van der Waals surface area contributed by atoms with Gasteiger partial charge in [0, 0.05) is 18.0 Å². The molecule has 0 radical (unpaired) electrons. The van der Waals surface area contributed by atoms with Crippen LogP contribution in [0.3, 0.4) is 0 Å². The highest BCUT2D eigenvalue weighted by Gasteiger charge is 2.22. The molecule has 0 saturated carbocycles. The van der Waals surface area contributed by atoms with Gasteiger partial charge in [0.05, 0.1) is 0 Å². The van der Waals surface area contributed by atoms with Crippen molar-refractivity contribution in [2.75, 3.05) is 5.73 Å². The highest BCUT2D eigenvalue weighted by atomic mass is 16.5. The van der Waals surface area contributed by atoms with E-state index in [4.69, 9.17) is 5.73 Å². The first-order valence-corrected chi connectivity index (χ1v) is 5.67. The van der Waals surface area contributed by atoms with Crippen LogP contribution in [0.4, 0.5) is 5.69 Å². The molecule has 3 nitrogen and oxygen atoms in total. The number of nitrogens with two attached hydrogens (primary N) is 1. The maximum Gasteiger partial charge on any atom is 0.186 e. The van der Waals surface area contributed by atoms with Crippen LogP contribution in [-0.4, -0.2) is 16.0 Å². The Hall–Kier alpha value is -1.58. The molecule has 4 N–H and O–H groups in total. The molecule has 0 amide bonds. The summed E-state index contributed by atoms with van der Waals surface area (Å²) in [4.78, 5) is 0. The first-order valence-electron chi connectivity index (χ1n) is 5.67. The number of hydrogen-bond donors (Lipinski definition) is 3. The van der Waals surface area contributed by atoms with Crippen molar-refractivity contribution in [1.82, 2.24) is 0 Å². The Morgan fingerprint density at radius 3 is 2.41 bits per heavy atom. The van der Waals surface area contributed by atoms with Crippen molar-refractivity contribution < 1.29 is 10.2 Å². The summed E-state index contributed by atoms with van der Waals surface area (Å²) >= 11 is 0. The monoisotopic (exact) mass is 231 g/mol. The molecule has 2 rings (SSSR count). The van der Waals surface area contributed by atoms with E-state index >= 15 is 0 Å². The normalized spacial score (nSPS) is 19.8. The largest absolute Gasteiger partial charge is 0.399 e. The lowest BCUT2D eigenvalue weighted by Crippen LogP contribution is -2.26. The SMILES string of the molecule is CC(C1=CCC(O)(O)C=C1)c1ccc(N)cc1. The van der Waals surface area contributed by atoms with Gasteiger partial charge in [-0.15, -0.1) is 0 Å². The third-order valence-corrected chi connectivity index (χ3v) is 3.12. The second-order valence-corrected chi connectivity index (χ2v) is 4.51. The molecule has 1 atom stereocenters. The molecule has 0 aromatic heterocycles. The molecule has 0 aliphatic heterocycles. The second-order valence-electron chi connectivity index (χ2n) is 4.51. The number of aliphatic hydroxyl groups is 2. The van der Waals surface area contributed by atoms with Crippen LogP contribution in [0.25, 0.3) is 0 Å². The van der Waals surface area contributed by atoms with Gasteiger partial charge in [-0.1, -0.05) is 31.2 Å². The van der Waals surface area contributed by atoms with Crippen molar-refractivity contribution in [1.29, 1.82) is 0 Å². The summed E-state index contributed by atoms with van der Waals surface area (Å²) in [6, 6.07) is 7.74. The molecule has 1 aromatic carbocycles. The third kappa shape index (κ3) is 2.75. The lowest BCUT2D eigenvalue weighted by atomic mass is 9.88. The van der Waals surface area contributed by atoms with E-state index in [1.165, 1.54) is 11.6 Å². The Morgan fingerprint density at radius 1 is 1.24 bits per heavy atom. The predicted molar refractivity (Wildman–Crippen MR) is 68.3 cm³/mol. The molecule has 17 heavy (non-hydrogen) atoms. The van der Waals surface area contributed by atoms with Crippen molar-refractivity contribution in [3.63, 3.8) is 0 Å². The molecule has 3 heteroatoms. The fourth-order valence-electron chi connectivity index (χ4n) is 1.93. The first-order chi connectivity index (χ1) is 7.98. The molecule has 0 heterocycles. The van der Waals surface area contributed by atoms with Crippen LogP contribution in [0.1, 0.15) is 24.8 Å². The minimum Gasteiger partial charge on any atom is -0.399 e. The van der Waals surface area contributed by atoms with E-state index in [9.17, 15) is 10.2 Å². The maximum atomic E-state index is 9.39. The van der Waals surface area contributed by atoms with E-state index in [1.54, 1.807) is 6.08 Å². The number of hydrogen-bond acceptors (Lipinski definition) is 3. The van der Waals surface area contributed by atoms with Crippen LogP contribution in [0, 0.1) is 0 Å². The van der Waals surface area contributed by atoms with Crippen molar-refractivity contribution in [2.24, 2.45) is 0 Å². The average molecular weight is 231 g/mol. The van der Waals surface area contributed by atoms with Gasteiger partial charge >= 0.3 is 0 Å². The lowest BCUT2D eigenvalue weighted by Gasteiger charge is -2.23. The number of benzene rings is 1. The van der Waals surface area contributed by atoms with E-state index in [1.807, 2.05) is 30.3 Å². The quantitative estimate of drug-likeness (QED) is 0.538. The Balaban J connectivity index is 2.17. The van der Waals surface area contributed by atoms with Gasteiger partial charge in [0.15, 0.2) is 5.79 Å². The fourth-order valence-corrected chi connectivity index (χ4v) is 1.93. The van der Waals surface area contributed by atoms with E-state index in [-0.39, 0.29) is 12.3 Å². The summed E-state index contributed by atoms with van der Waals surface area (Å²) in [5, 5.41) is 18.8. The standard InChI is InChI=1S/C14H17NO2/c1-10(11-2-4-13(15)5-3-11)12-6-8-14(16,17)9-7-12/h2-8,10,16-17H,9,15H2,1H3. The molecule has 0 bridgehead atoms. The minimum atomic E-state index is -1.69. The minimum absolute atomic E-state index is 0.225. The van der Waals surface area contributed by atoms with Gasteiger partial charge < -0.3 is 15.9 Å². The third-order valence-electron chi connectivity index (χ3n) is 3.12. The van der Waals surface area contributed by atoms with E-state index in [0.717, 1.165) is 11.3 Å². The molecule has 0 saturated heterocycles. The predicted octanol–water partition coefficient (Wildman–Crippen LogP) is 1.94. The maximum absolute atomic E-state index is 9.39. The fraction of sp³-hybridized carbons (Fsp3) is 0.286. The van der Waals surface area contributed by atoms with Crippen LogP contribution in [0.2, 0.25) is 0 Å². The molecule has 90 valence electrons. The van der Waals surface area contributed by atoms with Gasteiger partial charge in [-0.2, -0.15) is 0 Å². The van der Waals surface area contributed by atoms with Crippen molar-refractivity contribution in [3.8, 4) is 0 Å². The van der Waals surface area contributed by atoms with Crippen LogP contribution in [0.5, 0.6) is 0 Å². The van der Waals surface area contributed by atoms with Crippen molar-refractivity contribution in [2.45, 2.75) is 25.0 Å². The van der Waals surface area contributed by atoms with Crippen LogP contribution >= 0.6 is 0 Å². The summed E-state index contributed by atoms with van der Waals surface area (Å²) in [5.74, 6) is -1.47. The Kier molecular flexibility index (Phi) is 3.05. The van der Waals surface area contributed by atoms with Crippen LogP contribution in [0.15, 0.2) is 48.1 Å². The van der Waals surface area contributed by atoms with Gasteiger partial charge in [0.25, 0.3) is 0 Å². The van der Waals surface area contributed by atoms with Crippen molar-refractivity contribution >= 4 is 5.69 Å². The second kappa shape index (κ2) is 4.35. The molecule has 1 unspecified atom stereocenters. The number of anilines is 1. The zero-order valence-electron chi connectivity index (χ0n) is 9.80. The van der Waals surface area contributed by atoms with Gasteiger partial charge in [-0.3, -0.25) is 0 Å². The van der Waals surface area contributed by atoms with Crippen molar-refractivity contribution in [3.05, 3.63) is 53.6 Å². The van der Waals surface area contributed by atoms with Gasteiger partial charge in [0.2, 0.25) is 0 Å². The average Bonchev–Trinajstić information content (AvgIpc) is 2.29. The highest BCUT2D eigenvalue weighted by Crippen LogP contribution is 2.30. The number of rotatable bonds is 2. The number of nitrogen functional groups attached to an aromatic ring is 1.